The molecule has 0 aliphatic rings. The van der Waals surface area contributed by atoms with Gasteiger partial charge in [-0.1, -0.05) is 13.0 Å². The molecule has 0 saturated carbocycles. The molecule has 1 amide bonds. The summed E-state index contributed by atoms with van der Waals surface area (Å²) in [5, 5.41) is 13.1. The van der Waals surface area contributed by atoms with Gasteiger partial charge < -0.3 is 5.32 Å². The van der Waals surface area contributed by atoms with Gasteiger partial charge in [-0.3, -0.25) is 9.78 Å². The Morgan fingerprint density at radius 2 is 2.21 bits per heavy atom. The van der Waals surface area contributed by atoms with Crippen LogP contribution in [0.4, 0.5) is 0 Å². The number of hydrogen-bond acceptors (Lipinski definition) is 4. The molecule has 0 saturated heterocycles. The third kappa shape index (κ3) is 2.78. The molecular weight excluding hydrogens is 242 g/mol. The average Bonchev–Trinajstić information content (AvgIpc) is 2.83. The van der Waals surface area contributed by atoms with Crippen LogP contribution in [0.1, 0.15) is 46.8 Å². The monoisotopic (exact) mass is 259 g/mol. The first-order valence-electron chi connectivity index (χ1n) is 6.23. The minimum atomic E-state index is -0.233. The van der Waals surface area contributed by atoms with Crippen LogP contribution in [-0.2, 0) is 0 Å². The van der Waals surface area contributed by atoms with Crippen molar-refractivity contribution in [2.24, 2.45) is 0 Å². The maximum Gasteiger partial charge on any atom is 0.274 e. The molecule has 0 bridgehead atoms. The zero-order valence-corrected chi connectivity index (χ0v) is 11.3. The van der Waals surface area contributed by atoms with Crippen LogP contribution in [0.3, 0.4) is 0 Å². The van der Waals surface area contributed by atoms with Gasteiger partial charge in [-0.05, 0) is 31.9 Å². The molecule has 0 fully saturated rings. The van der Waals surface area contributed by atoms with Crippen molar-refractivity contribution < 1.29 is 4.79 Å². The molecule has 6 heteroatoms. The quantitative estimate of drug-likeness (QED) is 0.875. The van der Waals surface area contributed by atoms with Crippen LogP contribution in [0.2, 0.25) is 0 Å². The standard InChI is InChI=1S/C13H17N5O/c1-4-10(11-8(2)6-5-7-14-11)15-13(19)12-9(3)16-18-17-12/h5-7,10H,4H2,1-3H3,(H,15,19)(H,16,17,18). The first kappa shape index (κ1) is 13.2. The first-order chi connectivity index (χ1) is 9.13. The highest BCUT2D eigenvalue weighted by Crippen LogP contribution is 2.18. The molecule has 0 radical (unpaired) electrons. The number of H-pyrrole nitrogens is 1. The Morgan fingerprint density at radius 3 is 2.79 bits per heavy atom. The topological polar surface area (TPSA) is 83.6 Å². The fourth-order valence-electron chi connectivity index (χ4n) is 1.95. The fraction of sp³-hybridized carbons (Fsp3) is 0.385. The van der Waals surface area contributed by atoms with E-state index in [0.717, 1.165) is 17.7 Å². The number of hydrogen-bond donors (Lipinski definition) is 2. The van der Waals surface area contributed by atoms with E-state index in [0.29, 0.717) is 11.4 Å². The normalized spacial score (nSPS) is 12.2. The number of aromatic nitrogens is 4. The van der Waals surface area contributed by atoms with E-state index in [1.54, 1.807) is 13.1 Å². The van der Waals surface area contributed by atoms with Crippen LogP contribution in [0.25, 0.3) is 0 Å². The largest absolute Gasteiger partial charge is 0.342 e. The summed E-state index contributed by atoms with van der Waals surface area (Å²) >= 11 is 0. The Labute approximate surface area is 111 Å². The molecule has 0 aliphatic carbocycles. The SMILES string of the molecule is CCC(NC(=O)c1n[nH]nc1C)c1ncccc1C. The maximum absolute atomic E-state index is 12.1. The Hall–Kier alpha value is -2.24. The van der Waals surface area contributed by atoms with E-state index in [-0.39, 0.29) is 11.9 Å². The number of rotatable bonds is 4. The van der Waals surface area contributed by atoms with Crippen molar-refractivity contribution in [2.75, 3.05) is 0 Å². The van der Waals surface area contributed by atoms with E-state index in [4.69, 9.17) is 0 Å². The van der Waals surface area contributed by atoms with Crippen LogP contribution in [0, 0.1) is 13.8 Å². The zero-order chi connectivity index (χ0) is 13.8. The van der Waals surface area contributed by atoms with Crippen molar-refractivity contribution in [3.8, 4) is 0 Å². The molecule has 2 aromatic heterocycles. The highest BCUT2D eigenvalue weighted by Gasteiger charge is 2.19. The molecule has 0 aliphatic heterocycles. The Kier molecular flexibility index (Phi) is 3.89. The van der Waals surface area contributed by atoms with Gasteiger partial charge in [-0.25, -0.2) is 0 Å². The predicted molar refractivity (Wildman–Crippen MR) is 70.6 cm³/mol. The summed E-state index contributed by atoms with van der Waals surface area (Å²) in [4.78, 5) is 16.5. The van der Waals surface area contributed by atoms with Crippen molar-refractivity contribution >= 4 is 5.91 Å². The molecule has 2 aromatic rings. The number of nitrogens with zero attached hydrogens (tertiary/aromatic N) is 3. The lowest BCUT2D eigenvalue weighted by molar-refractivity contribution is 0.0929. The average molecular weight is 259 g/mol. The van der Waals surface area contributed by atoms with Gasteiger partial charge in [0.2, 0.25) is 0 Å². The van der Waals surface area contributed by atoms with Crippen LogP contribution >= 0.6 is 0 Å². The van der Waals surface area contributed by atoms with Crippen molar-refractivity contribution in [1.82, 2.24) is 25.7 Å². The third-order valence-corrected chi connectivity index (χ3v) is 3.03. The van der Waals surface area contributed by atoms with Gasteiger partial charge in [0.15, 0.2) is 5.69 Å². The molecule has 2 N–H and O–H groups in total. The molecule has 2 rings (SSSR count). The summed E-state index contributed by atoms with van der Waals surface area (Å²) in [6.45, 7) is 5.73. The summed E-state index contributed by atoms with van der Waals surface area (Å²) in [5.41, 5.74) is 2.86. The maximum atomic E-state index is 12.1. The minimum Gasteiger partial charge on any atom is -0.342 e. The Morgan fingerprint density at radius 1 is 1.42 bits per heavy atom. The van der Waals surface area contributed by atoms with Crippen LogP contribution in [0.15, 0.2) is 18.3 Å². The molecule has 100 valence electrons. The number of aromatic amines is 1. The number of carbonyl (C=O) groups excluding carboxylic acids is 1. The van der Waals surface area contributed by atoms with E-state index >= 15 is 0 Å². The van der Waals surface area contributed by atoms with Gasteiger partial charge in [0.05, 0.1) is 17.4 Å². The van der Waals surface area contributed by atoms with Crippen LogP contribution in [-0.4, -0.2) is 26.3 Å². The summed E-state index contributed by atoms with van der Waals surface area (Å²) in [7, 11) is 0. The second-order valence-electron chi connectivity index (χ2n) is 4.40. The molecule has 19 heavy (non-hydrogen) atoms. The molecule has 1 atom stereocenters. The van der Waals surface area contributed by atoms with Gasteiger partial charge in [-0.2, -0.15) is 15.4 Å². The number of aryl methyl sites for hydroxylation is 2. The van der Waals surface area contributed by atoms with Gasteiger partial charge in [0, 0.05) is 6.20 Å². The summed E-state index contributed by atoms with van der Waals surface area (Å²) in [6.07, 6.45) is 2.50. The van der Waals surface area contributed by atoms with Gasteiger partial charge >= 0.3 is 0 Å². The van der Waals surface area contributed by atoms with E-state index in [1.165, 1.54) is 0 Å². The van der Waals surface area contributed by atoms with Crippen molar-refractivity contribution in [3.05, 3.63) is 41.0 Å². The lowest BCUT2D eigenvalue weighted by atomic mass is 10.1. The van der Waals surface area contributed by atoms with Crippen LogP contribution in [0.5, 0.6) is 0 Å². The summed E-state index contributed by atoms with van der Waals surface area (Å²) in [6, 6.07) is 3.75. The second-order valence-corrected chi connectivity index (χ2v) is 4.40. The highest BCUT2D eigenvalue weighted by molar-refractivity contribution is 5.93. The lowest BCUT2D eigenvalue weighted by Gasteiger charge is -2.17. The molecule has 1 unspecified atom stereocenters. The van der Waals surface area contributed by atoms with E-state index < -0.39 is 0 Å². The Balaban J connectivity index is 2.19. The summed E-state index contributed by atoms with van der Waals surface area (Å²) in [5.74, 6) is -0.233. The molecule has 6 nitrogen and oxygen atoms in total. The first-order valence-corrected chi connectivity index (χ1v) is 6.23. The van der Waals surface area contributed by atoms with Crippen molar-refractivity contribution in [1.29, 1.82) is 0 Å². The number of amides is 1. The molecule has 0 aromatic carbocycles. The second kappa shape index (κ2) is 5.60. The number of nitrogens with one attached hydrogen (secondary N) is 2. The van der Waals surface area contributed by atoms with Crippen molar-refractivity contribution in [2.45, 2.75) is 33.2 Å². The Bertz CT molecular complexity index is 578. The van der Waals surface area contributed by atoms with Gasteiger partial charge in [0.25, 0.3) is 5.91 Å². The van der Waals surface area contributed by atoms with Crippen molar-refractivity contribution in [3.63, 3.8) is 0 Å². The molecular formula is C13H17N5O. The van der Waals surface area contributed by atoms with Crippen LogP contribution < -0.4 is 5.32 Å². The van der Waals surface area contributed by atoms with E-state index in [9.17, 15) is 4.79 Å². The summed E-state index contributed by atoms with van der Waals surface area (Å²) < 4.78 is 0. The molecule has 0 spiro atoms. The fourth-order valence-corrected chi connectivity index (χ4v) is 1.95. The number of pyridine rings is 1. The third-order valence-electron chi connectivity index (χ3n) is 3.03. The number of carbonyl (C=O) groups is 1. The predicted octanol–water partition coefficient (Wildman–Crippen LogP) is 1.70. The lowest BCUT2D eigenvalue weighted by Crippen LogP contribution is -2.30. The zero-order valence-electron chi connectivity index (χ0n) is 11.3. The highest BCUT2D eigenvalue weighted by atomic mass is 16.2. The minimum absolute atomic E-state index is 0.121. The smallest absolute Gasteiger partial charge is 0.274 e. The van der Waals surface area contributed by atoms with Gasteiger partial charge in [-0.15, -0.1) is 0 Å². The molecule has 2 heterocycles. The van der Waals surface area contributed by atoms with E-state index in [2.05, 4.69) is 25.7 Å². The van der Waals surface area contributed by atoms with E-state index in [1.807, 2.05) is 26.0 Å². The van der Waals surface area contributed by atoms with Gasteiger partial charge in [0.1, 0.15) is 0 Å².